The van der Waals surface area contributed by atoms with Gasteiger partial charge in [0.15, 0.2) is 0 Å². The average Bonchev–Trinajstić information content (AvgIpc) is 2.41. The van der Waals surface area contributed by atoms with Crippen molar-refractivity contribution in [2.45, 2.75) is 31.6 Å². The van der Waals surface area contributed by atoms with Crippen LogP contribution in [0.5, 0.6) is 0 Å². The van der Waals surface area contributed by atoms with Crippen molar-refractivity contribution in [2.24, 2.45) is 11.7 Å². The molecule has 1 fully saturated rings. The second-order valence-electron chi connectivity index (χ2n) is 5.50. The molecular formula is C14H22ClFN2O2S. The average molecular weight is 337 g/mol. The lowest BCUT2D eigenvalue weighted by Gasteiger charge is -2.33. The van der Waals surface area contributed by atoms with Crippen molar-refractivity contribution < 1.29 is 12.8 Å². The van der Waals surface area contributed by atoms with Crippen molar-refractivity contribution in [1.29, 1.82) is 0 Å². The second-order valence-corrected chi connectivity index (χ2v) is 7.47. The number of nitrogens with zero attached hydrogens (tertiary/aromatic N) is 1. The molecule has 2 unspecified atom stereocenters. The molecule has 1 aromatic rings. The zero-order valence-electron chi connectivity index (χ0n) is 12.0. The fourth-order valence-corrected chi connectivity index (χ4v) is 4.16. The molecule has 0 aliphatic carbocycles. The smallest absolute Gasteiger partial charge is 0.218 e. The molecular weight excluding hydrogens is 315 g/mol. The van der Waals surface area contributed by atoms with E-state index < -0.39 is 10.0 Å². The standard InChI is InChI=1S/C14H21FN2O2S.ClH/c1-11(16)13-3-2-8-17(9-13)20(18,19)10-12-4-6-14(15)7-5-12;/h4-7,11,13H,2-3,8-10,16H2,1H3;1H. The van der Waals surface area contributed by atoms with Crippen molar-refractivity contribution in [3.8, 4) is 0 Å². The van der Waals surface area contributed by atoms with E-state index in [2.05, 4.69) is 0 Å². The molecule has 0 aromatic heterocycles. The minimum absolute atomic E-state index is 0. The molecule has 4 nitrogen and oxygen atoms in total. The van der Waals surface area contributed by atoms with E-state index in [-0.39, 0.29) is 35.9 Å². The van der Waals surface area contributed by atoms with E-state index >= 15 is 0 Å². The third-order valence-electron chi connectivity index (χ3n) is 3.82. The summed E-state index contributed by atoms with van der Waals surface area (Å²) < 4.78 is 39.2. The highest BCUT2D eigenvalue weighted by Crippen LogP contribution is 2.23. The summed E-state index contributed by atoms with van der Waals surface area (Å²) in [6, 6.07) is 5.59. The van der Waals surface area contributed by atoms with Crippen LogP contribution in [-0.2, 0) is 15.8 Å². The van der Waals surface area contributed by atoms with Crippen molar-refractivity contribution in [2.75, 3.05) is 13.1 Å². The molecule has 0 amide bonds. The van der Waals surface area contributed by atoms with E-state index in [0.717, 1.165) is 12.8 Å². The summed E-state index contributed by atoms with van der Waals surface area (Å²) >= 11 is 0. The molecule has 0 bridgehead atoms. The molecule has 0 radical (unpaired) electrons. The first-order valence-corrected chi connectivity index (χ1v) is 8.47. The van der Waals surface area contributed by atoms with Crippen LogP contribution in [0, 0.1) is 11.7 Å². The maximum Gasteiger partial charge on any atom is 0.218 e. The van der Waals surface area contributed by atoms with E-state index in [1.54, 1.807) is 0 Å². The SMILES string of the molecule is CC(N)C1CCCN(S(=O)(=O)Cc2ccc(F)cc2)C1.Cl. The molecule has 1 saturated heterocycles. The van der Waals surface area contributed by atoms with Gasteiger partial charge in [0.1, 0.15) is 5.82 Å². The summed E-state index contributed by atoms with van der Waals surface area (Å²) in [5.41, 5.74) is 6.48. The van der Waals surface area contributed by atoms with E-state index in [1.807, 2.05) is 6.92 Å². The maximum absolute atomic E-state index is 12.8. The van der Waals surface area contributed by atoms with Crippen LogP contribution in [0.25, 0.3) is 0 Å². The van der Waals surface area contributed by atoms with Gasteiger partial charge < -0.3 is 5.73 Å². The molecule has 0 saturated carbocycles. The van der Waals surface area contributed by atoms with Crippen molar-refractivity contribution in [1.82, 2.24) is 4.31 Å². The summed E-state index contributed by atoms with van der Waals surface area (Å²) in [4.78, 5) is 0. The molecule has 0 spiro atoms. The largest absolute Gasteiger partial charge is 0.328 e. The van der Waals surface area contributed by atoms with Crippen LogP contribution < -0.4 is 5.73 Å². The molecule has 1 aliphatic rings. The molecule has 7 heteroatoms. The molecule has 21 heavy (non-hydrogen) atoms. The van der Waals surface area contributed by atoms with Gasteiger partial charge in [0, 0.05) is 19.1 Å². The Balaban J connectivity index is 0.00000220. The maximum atomic E-state index is 12.8. The lowest BCUT2D eigenvalue weighted by atomic mass is 9.93. The molecule has 2 rings (SSSR count). The first-order chi connectivity index (χ1) is 9.38. The van der Waals surface area contributed by atoms with Crippen LogP contribution in [0.4, 0.5) is 4.39 Å². The Morgan fingerprint density at radius 1 is 1.38 bits per heavy atom. The van der Waals surface area contributed by atoms with Crippen LogP contribution in [-0.4, -0.2) is 31.9 Å². The van der Waals surface area contributed by atoms with Crippen molar-refractivity contribution in [3.63, 3.8) is 0 Å². The van der Waals surface area contributed by atoms with Gasteiger partial charge >= 0.3 is 0 Å². The summed E-state index contributed by atoms with van der Waals surface area (Å²) in [6.45, 7) is 2.95. The first kappa shape index (κ1) is 18.4. The molecule has 1 aliphatic heterocycles. The van der Waals surface area contributed by atoms with Gasteiger partial charge in [-0.25, -0.2) is 17.1 Å². The Bertz CT molecular complexity index is 549. The topological polar surface area (TPSA) is 63.4 Å². The van der Waals surface area contributed by atoms with Gasteiger partial charge in [-0.1, -0.05) is 12.1 Å². The molecule has 1 heterocycles. The number of rotatable bonds is 4. The van der Waals surface area contributed by atoms with Crippen LogP contribution >= 0.6 is 12.4 Å². The zero-order valence-corrected chi connectivity index (χ0v) is 13.7. The van der Waals surface area contributed by atoms with Gasteiger partial charge in [-0.15, -0.1) is 12.4 Å². The highest BCUT2D eigenvalue weighted by atomic mass is 35.5. The fraction of sp³-hybridized carbons (Fsp3) is 0.571. The minimum atomic E-state index is -3.36. The van der Waals surface area contributed by atoms with Crippen LogP contribution in [0.15, 0.2) is 24.3 Å². The second kappa shape index (κ2) is 7.54. The third-order valence-corrected chi connectivity index (χ3v) is 5.64. The minimum Gasteiger partial charge on any atom is -0.328 e. The number of sulfonamides is 1. The normalized spacial score (nSPS) is 21.6. The van der Waals surface area contributed by atoms with Gasteiger partial charge in [0.2, 0.25) is 10.0 Å². The lowest BCUT2D eigenvalue weighted by Crippen LogP contribution is -2.45. The predicted octanol–water partition coefficient (Wildman–Crippen LogP) is 2.14. The van der Waals surface area contributed by atoms with Gasteiger partial charge in [0.25, 0.3) is 0 Å². The summed E-state index contributed by atoms with van der Waals surface area (Å²) in [5, 5.41) is 0. The number of hydrogen-bond donors (Lipinski definition) is 1. The summed E-state index contributed by atoms with van der Waals surface area (Å²) in [5.74, 6) is -0.230. The Morgan fingerprint density at radius 2 is 2.00 bits per heavy atom. The van der Waals surface area contributed by atoms with Gasteiger partial charge in [-0.2, -0.15) is 0 Å². The van der Waals surface area contributed by atoms with Crippen molar-refractivity contribution >= 4 is 22.4 Å². The van der Waals surface area contributed by atoms with Crippen LogP contribution in [0.2, 0.25) is 0 Å². The van der Waals surface area contributed by atoms with Gasteiger partial charge in [-0.05, 0) is 43.4 Å². The molecule has 2 atom stereocenters. The molecule has 2 N–H and O–H groups in total. The molecule has 120 valence electrons. The molecule has 1 aromatic carbocycles. The Labute approximate surface area is 132 Å². The number of nitrogens with two attached hydrogens (primary N) is 1. The lowest BCUT2D eigenvalue weighted by molar-refractivity contribution is 0.243. The monoisotopic (exact) mass is 336 g/mol. The zero-order chi connectivity index (χ0) is 14.8. The Hall–Kier alpha value is -0.690. The number of piperidine rings is 1. The highest BCUT2D eigenvalue weighted by molar-refractivity contribution is 7.88. The number of benzene rings is 1. The predicted molar refractivity (Wildman–Crippen MR) is 84.2 cm³/mol. The van der Waals surface area contributed by atoms with E-state index in [0.29, 0.717) is 18.7 Å². The van der Waals surface area contributed by atoms with E-state index in [9.17, 15) is 12.8 Å². The first-order valence-electron chi connectivity index (χ1n) is 6.86. The summed E-state index contributed by atoms with van der Waals surface area (Å²) in [6.07, 6.45) is 1.81. The Kier molecular flexibility index (Phi) is 6.59. The fourth-order valence-electron chi connectivity index (χ4n) is 2.54. The van der Waals surface area contributed by atoms with Gasteiger partial charge in [-0.3, -0.25) is 0 Å². The van der Waals surface area contributed by atoms with Crippen molar-refractivity contribution in [3.05, 3.63) is 35.6 Å². The quantitative estimate of drug-likeness (QED) is 0.916. The summed E-state index contributed by atoms with van der Waals surface area (Å²) in [7, 11) is -3.36. The number of hydrogen-bond acceptors (Lipinski definition) is 3. The highest BCUT2D eigenvalue weighted by Gasteiger charge is 2.30. The van der Waals surface area contributed by atoms with E-state index in [1.165, 1.54) is 28.6 Å². The number of halogens is 2. The van der Waals surface area contributed by atoms with Crippen LogP contribution in [0.3, 0.4) is 0 Å². The van der Waals surface area contributed by atoms with E-state index in [4.69, 9.17) is 5.73 Å². The van der Waals surface area contributed by atoms with Crippen LogP contribution in [0.1, 0.15) is 25.3 Å². The van der Waals surface area contributed by atoms with Gasteiger partial charge in [0.05, 0.1) is 5.75 Å². The Morgan fingerprint density at radius 3 is 2.57 bits per heavy atom. The third kappa shape index (κ3) is 4.92.